The van der Waals surface area contributed by atoms with Crippen molar-refractivity contribution >= 4 is 5.97 Å². The van der Waals surface area contributed by atoms with Gasteiger partial charge >= 0.3 is 0 Å². The molecule has 82 valence electrons. The topological polar surface area (TPSA) is 79.0 Å². The third-order valence-corrected chi connectivity index (χ3v) is 2.04. The van der Waals surface area contributed by atoms with E-state index in [1.54, 1.807) is 0 Å². The summed E-state index contributed by atoms with van der Waals surface area (Å²) >= 11 is 0. The highest BCUT2D eigenvalue weighted by Gasteiger charge is 2.07. The van der Waals surface area contributed by atoms with E-state index in [4.69, 9.17) is 4.52 Å². The fourth-order valence-electron chi connectivity index (χ4n) is 1.27. The van der Waals surface area contributed by atoms with Crippen molar-refractivity contribution in [1.82, 2.24) is 10.1 Å². The van der Waals surface area contributed by atoms with Crippen LogP contribution in [0.15, 0.2) is 34.9 Å². The van der Waals surface area contributed by atoms with Crippen molar-refractivity contribution in [2.75, 3.05) is 0 Å². The van der Waals surface area contributed by atoms with Crippen molar-refractivity contribution in [3.63, 3.8) is 0 Å². The van der Waals surface area contributed by atoms with E-state index >= 15 is 0 Å². The Morgan fingerprint density at radius 3 is 2.75 bits per heavy atom. The van der Waals surface area contributed by atoms with Gasteiger partial charge in [-0.15, -0.1) is 0 Å². The summed E-state index contributed by atoms with van der Waals surface area (Å²) in [7, 11) is 0. The van der Waals surface area contributed by atoms with E-state index < -0.39 is 5.97 Å². The normalized spacial score (nSPS) is 10.2. The lowest BCUT2D eigenvalue weighted by atomic mass is 10.2. The summed E-state index contributed by atoms with van der Waals surface area (Å²) in [6.07, 6.45) is 0.0819. The van der Waals surface area contributed by atoms with Crippen molar-refractivity contribution in [3.8, 4) is 11.4 Å². The Bertz CT molecular complexity index is 479. The van der Waals surface area contributed by atoms with Crippen LogP contribution in [-0.4, -0.2) is 16.1 Å². The highest BCUT2D eigenvalue weighted by molar-refractivity contribution is 5.64. The zero-order chi connectivity index (χ0) is 11.4. The quantitative estimate of drug-likeness (QED) is 0.741. The predicted molar refractivity (Wildman–Crippen MR) is 53.1 cm³/mol. The molecule has 0 aliphatic heterocycles. The van der Waals surface area contributed by atoms with Crippen LogP contribution in [0, 0.1) is 0 Å². The van der Waals surface area contributed by atoms with E-state index in [0.29, 0.717) is 11.7 Å². The van der Waals surface area contributed by atoms with Gasteiger partial charge in [-0.25, -0.2) is 0 Å². The number of carboxylic acids is 1. The molecular formula is C11H9N2O3-. The molecule has 16 heavy (non-hydrogen) atoms. The second-order valence-corrected chi connectivity index (χ2v) is 3.25. The summed E-state index contributed by atoms with van der Waals surface area (Å²) in [5.74, 6) is -0.350. The smallest absolute Gasteiger partial charge is 0.227 e. The lowest BCUT2D eigenvalue weighted by Crippen LogP contribution is -2.22. The average molecular weight is 217 g/mol. The zero-order valence-corrected chi connectivity index (χ0v) is 8.42. The fraction of sp³-hybridized carbons (Fsp3) is 0.182. The Morgan fingerprint density at radius 1 is 1.31 bits per heavy atom. The monoisotopic (exact) mass is 217 g/mol. The molecule has 2 aromatic rings. The van der Waals surface area contributed by atoms with Crippen molar-refractivity contribution in [3.05, 3.63) is 36.2 Å². The Kier molecular flexibility index (Phi) is 2.95. The van der Waals surface area contributed by atoms with Gasteiger partial charge in [0.2, 0.25) is 11.7 Å². The average Bonchev–Trinajstić information content (AvgIpc) is 2.76. The Morgan fingerprint density at radius 2 is 2.06 bits per heavy atom. The first-order chi connectivity index (χ1) is 7.75. The Labute approximate surface area is 91.7 Å². The molecule has 1 heterocycles. The van der Waals surface area contributed by atoms with Gasteiger partial charge in [0.15, 0.2) is 0 Å². The van der Waals surface area contributed by atoms with Crippen molar-refractivity contribution in [1.29, 1.82) is 0 Å². The SMILES string of the molecule is O=C([O-])CCc1nc(-c2ccccc2)no1. The van der Waals surface area contributed by atoms with E-state index in [-0.39, 0.29) is 12.8 Å². The maximum absolute atomic E-state index is 10.2. The van der Waals surface area contributed by atoms with Crippen LogP contribution in [0.1, 0.15) is 12.3 Å². The number of nitrogens with zero attached hydrogens (tertiary/aromatic N) is 2. The van der Waals surface area contributed by atoms with Crippen LogP contribution in [0.25, 0.3) is 11.4 Å². The molecule has 0 aliphatic rings. The minimum Gasteiger partial charge on any atom is -0.550 e. The molecule has 5 heteroatoms. The van der Waals surface area contributed by atoms with Crippen LogP contribution in [-0.2, 0) is 11.2 Å². The molecule has 0 bridgehead atoms. The van der Waals surface area contributed by atoms with Crippen LogP contribution in [0.2, 0.25) is 0 Å². The molecule has 0 saturated heterocycles. The number of hydrogen-bond donors (Lipinski definition) is 0. The molecule has 0 atom stereocenters. The third kappa shape index (κ3) is 2.44. The summed E-state index contributed by atoms with van der Waals surface area (Å²) in [6.45, 7) is 0. The minimum absolute atomic E-state index is 0.115. The van der Waals surface area contributed by atoms with Gasteiger partial charge in [-0.2, -0.15) is 4.98 Å². The molecule has 1 aromatic heterocycles. The van der Waals surface area contributed by atoms with Crippen LogP contribution >= 0.6 is 0 Å². The summed E-state index contributed by atoms with van der Waals surface area (Å²) < 4.78 is 4.92. The molecule has 0 radical (unpaired) electrons. The summed E-state index contributed by atoms with van der Waals surface area (Å²) in [5.41, 5.74) is 0.839. The number of benzene rings is 1. The Balaban J connectivity index is 2.11. The number of carbonyl (C=O) groups excluding carboxylic acids is 1. The highest BCUT2D eigenvalue weighted by Crippen LogP contribution is 2.15. The Hall–Kier alpha value is -2.17. The van der Waals surface area contributed by atoms with Crippen molar-refractivity contribution in [2.24, 2.45) is 0 Å². The number of aliphatic carboxylic acids is 1. The van der Waals surface area contributed by atoms with E-state index in [1.807, 2.05) is 30.3 Å². The molecule has 0 N–H and O–H groups in total. The van der Waals surface area contributed by atoms with E-state index in [0.717, 1.165) is 5.56 Å². The first-order valence-electron chi connectivity index (χ1n) is 4.83. The first kappa shape index (κ1) is 10.4. The number of carbonyl (C=O) groups is 1. The minimum atomic E-state index is -1.13. The van der Waals surface area contributed by atoms with Crippen LogP contribution in [0.3, 0.4) is 0 Å². The van der Waals surface area contributed by atoms with Crippen LogP contribution in [0.4, 0.5) is 0 Å². The van der Waals surface area contributed by atoms with Crippen molar-refractivity contribution in [2.45, 2.75) is 12.8 Å². The molecule has 0 aliphatic carbocycles. The number of hydrogen-bond acceptors (Lipinski definition) is 5. The second-order valence-electron chi connectivity index (χ2n) is 3.25. The highest BCUT2D eigenvalue weighted by atomic mass is 16.5. The van der Waals surface area contributed by atoms with Gasteiger partial charge in [-0.05, 0) is 6.42 Å². The second kappa shape index (κ2) is 4.57. The predicted octanol–water partition coefficient (Wildman–Crippen LogP) is 0.419. The van der Waals surface area contributed by atoms with Gasteiger partial charge in [0.25, 0.3) is 0 Å². The van der Waals surface area contributed by atoms with E-state index in [1.165, 1.54) is 0 Å². The molecule has 5 nitrogen and oxygen atoms in total. The number of carboxylic acid groups (broad SMARTS) is 1. The zero-order valence-electron chi connectivity index (χ0n) is 8.42. The van der Waals surface area contributed by atoms with Gasteiger partial charge in [0.1, 0.15) is 0 Å². The molecule has 0 saturated carbocycles. The van der Waals surface area contributed by atoms with Gasteiger partial charge in [0, 0.05) is 18.0 Å². The molecular weight excluding hydrogens is 208 g/mol. The number of aryl methyl sites for hydroxylation is 1. The molecule has 1 aromatic carbocycles. The molecule has 0 unspecified atom stereocenters. The van der Waals surface area contributed by atoms with Gasteiger partial charge in [-0.3, -0.25) is 0 Å². The molecule has 0 amide bonds. The summed E-state index contributed by atoms with van der Waals surface area (Å²) in [4.78, 5) is 14.3. The molecule has 0 spiro atoms. The van der Waals surface area contributed by atoms with E-state index in [9.17, 15) is 9.90 Å². The first-order valence-corrected chi connectivity index (χ1v) is 4.83. The summed E-state index contributed by atoms with van der Waals surface area (Å²) in [6, 6.07) is 9.33. The van der Waals surface area contributed by atoms with Gasteiger partial charge < -0.3 is 14.4 Å². The maximum atomic E-state index is 10.2. The molecule has 0 fully saturated rings. The van der Waals surface area contributed by atoms with Gasteiger partial charge in [-0.1, -0.05) is 35.5 Å². The van der Waals surface area contributed by atoms with Gasteiger partial charge in [0.05, 0.1) is 0 Å². The van der Waals surface area contributed by atoms with Crippen LogP contribution < -0.4 is 5.11 Å². The lowest BCUT2D eigenvalue weighted by molar-refractivity contribution is -0.305. The molecule has 2 rings (SSSR count). The third-order valence-electron chi connectivity index (χ3n) is 2.04. The van der Waals surface area contributed by atoms with Crippen LogP contribution in [0.5, 0.6) is 0 Å². The lowest BCUT2D eigenvalue weighted by Gasteiger charge is -1.95. The summed E-state index contributed by atoms with van der Waals surface area (Å²) in [5, 5.41) is 14.0. The van der Waals surface area contributed by atoms with E-state index in [2.05, 4.69) is 10.1 Å². The standard InChI is InChI=1S/C11H10N2O3/c14-10(15)7-6-9-12-11(13-16-9)8-4-2-1-3-5-8/h1-5H,6-7H2,(H,14,15)/p-1. The van der Waals surface area contributed by atoms with Crippen molar-refractivity contribution < 1.29 is 14.4 Å². The fourth-order valence-corrected chi connectivity index (χ4v) is 1.27. The number of aromatic nitrogens is 2. The number of rotatable bonds is 4. The maximum Gasteiger partial charge on any atom is 0.227 e. The largest absolute Gasteiger partial charge is 0.550 e.